The molecular weight excluding hydrogens is 382 g/mol. The quantitative estimate of drug-likeness (QED) is 0.479. The standard InChI is InChI=1S/C20H16ClN3O2S/c1-26-14-6-7-15-16(9-14)23-19(22-15)10-18(25)17-11-27-20(24-17)8-12-2-4-13(21)5-3-12/h2-7,9,11H,8,10H2,1H3,(H,22,23). The molecule has 0 atom stereocenters. The van der Waals surface area contributed by atoms with E-state index in [9.17, 15) is 4.79 Å². The number of methoxy groups -OCH3 is 1. The molecule has 0 saturated heterocycles. The lowest BCUT2D eigenvalue weighted by atomic mass is 10.1. The van der Waals surface area contributed by atoms with Crippen molar-refractivity contribution in [2.24, 2.45) is 0 Å². The third kappa shape index (κ3) is 4.02. The highest BCUT2D eigenvalue weighted by molar-refractivity contribution is 7.09. The number of halogens is 1. The van der Waals surface area contributed by atoms with E-state index in [0.717, 1.165) is 27.4 Å². The Bertz CT molecular complexity index is 1100. The number of ether oxygens (including phenoxy) is 1. The molecule has 0 bridgehead atoms. The van der Waals surface area contributed by atoms with Crippen LogP contribution >= 0.6 is 22.9 Å². The second-order valence-corrected chi connectivity index (χ2v) is 7.48. The normalized spacial score (nSPS) is 11.0. The summed E-state index contributed by atoms with van der Waals surface area (Å²) in [4.78, 5) is 24.7. The van der Waals surface area contributed by atoms with Crippen molar-refractivity contribution in [3.05, 3.63) is 75.0 Å². The van der Waals surface area contributed by atoms with Crippen LogP contribution in [0.3, 0.4) is 0 Å². The Balaban J connectivity index is 1.47. The summed E-state index contributed by atoms with van der Waals surface area (Å²) in [5.74, 6) is 1.31. The molecule has 27 heavy (non-hydrogen) atoms. The van der Waals surface area contributed by atoms with Crippen molar-refractivity contribution in [2.45, 2.75) is 12.8 Å². The molecule has 0 amide bonds. The lowest BCUT2D eigenvalue weighted by Crippen LogP contribution is -2.05. The van der Waals surface area contributed by atoms with E-state index in [-0.39, 0.29) is 12.2 Å². The fourth-order valence-corrected chi connectivity index (χ4v) is 3.75. The van der Waals surface area contributed by atoms with Crippen molar-refractivity contribution in [3.8, 4) is 5.75 Å². The number of hydrogen-bond acceptors (Lipinski definition) is 5. The summed E-state index contributed by atoms with van der Waals surface area (Å²) in [6.07, 6.45) is 0.862. The monoisotopic (exact) mass is 397 g/mol. The van der Waals surface area contributed by atoms with Gasteiger partial charge in [0, 0.05) is 22.9 Å². The van der Waals surface area contributed by atoms with Gasteiger partial charge in [0.15, 0.2) is 5.78 Å². The van der Waals surface area contributed by atoms with E-state index in [0.29, 0.717) is 23.0 Å². The van der Waals surface area contributed by atoms with E-state index < -0.39 is 0 Å². The summed E-state index contributed by atoms with van der Waals surface area (Å²) in [7, 11) is 1.62. The van der Waals surface area contributed by atoms with Gasteiger partial charge in [-0.05, 0) is 29.8 Å². The first-order valence-electron chi connectivity index (χ1n) is 8.35. The van der Waals surface area contributed by atoms with E-state index in [1.54, 1.807) is 12.5 Å². The highest BCUT2D eigenvalue weighted by atomic mass is 35.5. The van der Waals surface area contributed by atoms with Gasteiger partial charge in [0.25, 0.3) is 0 Å². The van der Waals surface area contributed by atoms with Gasteiger partial charge in [-0.15, -0.1) is 11.3 Å². The van der Waals surface area contributed by atoms with Crippen LogP contribution in [0.25, 0.3) is 11.0 Å². The molecule has 2 heterocycles. The number of aromatic amines is 1. The number of thiazole rings is 1. The van der Waals surface area contributed by atoms with Gasteiger partial charge in [-0.3, -0.25) is 4.79 Å². The van der Waals surface area contributed by atoms with Gasteiger partial charge in [0.05, 0.1) is 29.6 Å². The zero-order chi connectivity index (χ0) is 18.8. The molecule has 1 N–H and O–H groups in total. The smallest absolute Gasteiger partial charge is 0.189 e. The third-order valence-corrected chi connectivity index (χ3v) is 5.27. The number of nitrogens with zero attached hydrogens (tertiary/aromatic N) is 2. The van der Waals surface area contributed by atoms with Gasteiger partial charge in [-0.2, -0.15) is 0 Å². The zero-order valence-corrected chi connectivity index (χ0v) is 16.1. The van der Waals surface area contributed by atoms with E-state index >= 15 is 0 Å². The minimum Gasteiger partial charge on any atom is -0.497 e. The van der Waals surface area contributed by atoms with E-state index in [2.05, 4.69) is 15.0 Å². The maximum absolute atomic E-state index is 12.6. The maximum Gasteiger partial charge on any atom is 0.189 e. The highest BCUT2D eigenvalue weighted by Gasteiger charge is 2.14. The number of nitrogens with one attached hydrogen (secondary N) is 1. The summed E-state index contributed by atoms with van der Waals surface area (Å²) in [5.41, 5.74) is 3.24. The van der Waals surface area contributed by atoms with Crippen LogP contribution in [0.5, 0.6) is 5.75 Å². The molecule has 4 aromatic rings. The first-order valence-corrected chi connectivity index (χ1v) is 9.61. The van der Waals surface area contributed by atoms with Crippen molar-refractivity contribution in [2.75, 3.05) is 7.11 Å². The van der Waals surface area contributed by atoms with Crippen molar-refractivity contribution < 1.29 is 9.53 Å². The first kappa shape index (κ1) is 17.7. The summed E-state index contributed by atoms with van der Waals surface area (Å²) in [6.45, 7) is 0. The number of hydrogen-bond donors (Lipinski definition) is 1. The molecule has 2 aromatic heterocycles. The Hall–Kier alpha value is -2.70. The van der Waals surface area contributed by atoms with Crippen LogP contribution in [-0.4, -0.2) is 27.8 Å². The SMILES string of the molecule is COc1ccc2nc(CC(=O)c3csc(Cc4ccc(Cl)cc4)n3)[nH]c2c1. The van der Waals surface area contributed by atoms with Crippen LogP contribution in [0.15, 0.2) is 47.8 Å². The Labute approximate surface area is 165 Å². The summed E-state index contributed by atoms with van der Waals surface area (Å²) in [6, 6.07) is 13.2. The number of fused-ring (bicyclic) bond motifs is 1. The molecule has 2 aromatic carbocycles. The second kappa shape index (κ2) is 7.50. The van der Waals surface area contributed by atoms with Crippen LogP contribution < -0.4 is 4.74 Å². The zero-order valence-electron chi connectivity index (χ0n) is 14.5. The number of Topliss-reactive ketones (excluding diaryl/α,β-unsaturated/α-hetero) is 1. The van der Waals surface area contributed by atoms with Crippen molar-refractivity contribution in [1.29, 1.82) is 0 Å². The number of rotatable bonds is 6. The summed E-state index contributed by atoms with van der Waals surface area (Å²) < 4.78 is 5.21. The number of H-pyrrole nitrogens is 1. The minimum atomic E-state index is -0.0559. The molecule has 0 fully saturated rings. The van der Waals surface area contributed by atoms with Gasteiger partial charge in [0.2, 0.25) is 0 Å². The van der Waals surface area contributed by atoms with Crippen LogP contribution in [-0.2, 0) is 12.8 Å². The molecule has 0 aliphatic rings. The average Bonchev–Trinajstić information content (AvgIpc) is 3.29. The molecule has 136 valence electrons. The summed E-state index contributed by atoms with van der Waals surface area (Å²) >= 11 is 7.40. The van der Waals surface area contributed by atoms with Crippen LogP contribution in [0.1, 0.15) is 26.9 Å². The van der Waals surface area contributed by atoms with Crippen molar-refractivity contribution in [3.63, 3.8) is 0 Å². The Morgan fingerprint density at radius 3 is 2.78 bits per heavy atom. The molecule has 0 radical (unpaired) electrons. The highest BCUT2D eigenvalue weighted by Crippen LogP contribution is 2.20. The Morgan fingerprint density at radius 2 is 2.00 bits per heavy atom. The van der Waals surface area contributed by atoms with Gasteiger partial charge < -0.3 is 9.72 Å². The minimum absolute atomic E-state index is 0.0559. The average molecular weight is 398 g/mol. The van der Waals surface area contributed by atoms with Gasteiger partial charge in [-0.25, -0.2) is 9.97 Å². The third-order valence-electron chi connectivity index (χ3n) is 4.17. The molecule has 0 saturated carbocycles. The fraction of sp³-hybridized carbons (Fsp3) is 0.150. The number of aromatic nitrogens is 3. The molecule has 0 spiro atoms. The van der Waals surface area contributed by atoms with Crippen molar-refractivity contribution >= 4 is 39.8 Å². The van der Waals surface area contributed by atoms with Crippen LogP contribution in [0, 0.1) is 0 Å². The number of imidazole rings is 1. The number of carbonyl (C=O) groups is 1. The molecule has 0 aliphatic carbocycles. The number of carbonyl (C=O) groups excluding carboxylic acids is 1. The number of ketones is 1. The van der Waals surface area contributed by atoms with Crippen LogP contribution in [0.4, 0.5) is 0 Å². The topological polar surface area (TPSA) is 67.9 Å². The molecule has 4 rings (SSSR count). The van der Waals surface area contributed by atoms with E-state index in [1.165, 1.54) is 11.3 Å². The maximum atomic E-state index is 12.6. The lowest BCUT2D eigenvalue weighted by Gasteiger charge is -1.98. The predicted molar refractivity (Wildman–Crippen MR) is 107 cm³/mol. The van der Waals surface area contributed by atoms with Gasteiger partial charge in [-0.1, -0.05) is 23.7 Å². The molecule has 0 unspecified atom stereocenters. The summed E-state index contributed by atoms with van der Waals surface area (Å²) in [5, 5.41) is 3.41. The largest absolute Gasteiger partial charge is 0.497 e. The van der Waals surface area contributed by atoms with E-state index in [1.807, 2.05) is 42.5 Å². The molecule has 0 aliphatic heterocycles. The molecule has 7 heteroatoms. The molecule has 5 nitrogen and oxygen atoms in total. The molecular formula is C20H16ClN3O2S. The van der Waals surface area contributed by atoms with E-state index in [4.69, 9.17) is 16.3 Å². The fourth-order valence-electron chi connectivity index (χ4n) is 2.79. The van der Waals surface area contributed by atoms with Crippen molar-refractivity contribution in [1.82, 2.24) is 15.0 Å². The lowest BCUT2D eigenvalue weighted by molar-refractivity contribution is 0.0987. The number of benzene rings is 2. The van der Waals surface area contributed by atoms with Crippen LogP contribution in [0.2, 0.25) is 5.02 Å². The van der Waals surface area contributed by atoms with Gasteiger partial charge >= 0.3 is 0 Å². The van der Waals surface area contributed by atoms with Gasteiger partial charge in [0.1, 0.15) is 17.3 Å². The Morgan fingerprint density at radius 1 is 1.19 bits per heavy atom. The predicted octanol–water partition coefficient (Wildman–Crippen LogP) is 4.70. The first-order chi connectivity index (χ1) is 13.1. The Kier molecular flexibility index (Phi) is 4.92. The second-order valence-electron chi connectivity index (χ2n) is 6.10.